The Labute approximate surface area is 453 Å². The number of rotatable bonds is 9. The van der Waals surface area contributed by atoms with E-state index >= 15 is 0 Å². The van der Waals surface area contributed by atoms with E-state index in [1.54, 1.807) is 88.4 Å². The van der Waals surface area contributed by atoms with E-state index in [0.29, 0.717) is 17.5 Å². The van der Waals surface area contributed by atoms with Crippen LogP contribution in [0.3, 0.4) is 0 Å². The molecule has 0 bridgehead atoms. The summed E-state index contributed by atoms with van der Waals surface area (Å²) < 4.78 is 0. The van der Waals surface area contributed by atoms with Gasteiger partial charge >= 0.3 is 0 Å². The Balaban J connectivity index is 1.80. The molecule has 10 amide bonds. The van der Waals surface area contributed by atoms with Crippen molar-refractivity contribution in [3.8, 4) is 0 Å². The molecular formula is C55H83N11O11. The fraction of sp³-hybridized carbons (Fsp3) is 0.600. The second kappa shape index (κ2) is 29.0. The molecule has 9 atom stereocenters. The number of benzene rings is 2. The first-order valence-electron chi connectivity index (χ1n) is 26.6. The highest BCUT2D eigenvalue weighted by atomic mass is 16.3. The lowest BCUT2D eigenvalue weighted by molar-refractivity contribution is -0.159. The topological polar surface area (TPSA) is 279 Å². The number of aliphatic hydroxyl groups excluding tert-OH is 1. The average molecular weight is 1070 g/mol. The summed E-state index contributed by atoms with van der Waals surface area (Å²) in [6, 6.07) is 6.64. The average Bonchev–Trinajstić information content (AvgIpc) is 3.39. The van der Waals surface area contributed by atoms with Crippen LogP contribution in [0.25, 0.3) is 0 Å². The van der Waals surface area contributed by atoms with Gasteiger partial charge < -0.3 is 51.3 Å². The number of hydrogen-bond acceptors (Lipinski definition) is 12. The molecule has 0 aliphatic carbocycles. The van der Waals surface area contributed by atoms with E-state index in [0.717, 1.165) is 9.91 Å². The van der Waals surface area contributed by atoms with E-state index in [9.17, 15) is 53.1 Å². The van der Waals surface area contributed by atoms with Crippen LogP contribution in [-0.4, -0.2) is 191 Å². The maximum Gasteiger partial charge on any atom is 0.262 e. The third-order valence-electron chi connectivity index (χ3n) is 14.2. The quantitative estimate of drug-likeness (QED) is 0.177. The standard InChI is InChI=1S/C55H83N11O11/c1-32(2)28-39-53(75)64(11)43(31-67)55(77)66-40(24-19-26-57-66)54(76)63(10)42(30-38-22-17-14-18-23-38)49(71)61-45(33(3)4)50(72)58-35(7)47(69)56-27-25-44(68)65(12)46(34(5)6)51(73)59-36(8)52(74)62(9)41(48(70)60-39)29-37-20-15-13-16-21-37/h13-18,20-23,32-36,39-43,45-46,57,67H,19,24-31H2,1-12H3,(H,56,69)(H,58,72)(H,59,73)(H,60,70)(H,61,71)/t35?,36?,39?,40?,41?,42?,43?,45?,46-/m1/s1. The predicted octanol–water partition coefficient (Wildman–Crippen LogP) is 0.125. The van der Waals surface area contributed by atoms with Crippen molar-refractivity contribution in [2.45, 2.75) is 148 Å². The number of nitrogens with one attached hydrogen (secondary N) is 6. The van der Waals surface area contributed by atoms with E-state index in [1.165, 1.54) is 56.7 Å². The Hall–Kier alpha value is -6.94. The van der Waals surface area contributed by atoms with Gasteiger partial charge in [0.05, 0.1) is 6.61 Å². The molecule has 424 valence electrons. The Kier molecular flexibility index (Phi) is 23.6. The van der Waals surface area contributed by atoms with E-state index in [1.807, 2.05) is 13.8 Å². The normalized spacial score (nSPS) is 26.5. The number of aliphatic hydroxyl groups is 1. The number of nitrogens with zero attached hydrogens (tertiary/aromatic N) is 5. The lowest BCUT2D eigenvalue weighted by Gasteiger charge is -2.41. The van der Waals surface area contributed by atoms with Crippen LogP contribution >= 0.6 is 0 Å². The van der Waals surface area contributed by atoms with Gasteiger partial charge in [0, 0.05) is 60.5 Å². The summed E-state index contributed by atoms with van der Waals surface area (Å²) in [7, 11) is 5.57. The van der Waals surface area contributed by atoms with Gasteiger partial charge in [-0.3, -0.25) is 53.0 Å². The fourth-order valence-electron chi connectivity index (χ4n) is 9.64. The van der Waals surface area contributed by atoms with Gasteiger partial charge in [-0.1, -0.05) is 102 Å². The molecule has 2 aliphatic rings. The molecule has 2 aliphatic heterocycles. The lowest BCUT2D eigenvalue weighted by Crippen LogP contribution is -2.66. The highest BCUT2D eigenvalue weighted by Gasteiger charge is 2.44. The molecule has 8 unspecified atom stereocenters. The summed E-state index contributed by atoms with van der Waals surface area (Å²) >= 11 is 0. The Morgan fingerprint density at radius 3 is 1.58 bits per heavy atom. The number of hydrogen-bond donors (Lipinski definition) is 7. The van der Waals surface area contributed by atoms with Crippen LogP contribution in [-0.2, 0) is 60.8 Å². The molecule has 0 aromatic heterocycles. The summed E-state index contributed by atoms with van der Waals surface area (Å²) in [5.74, 6) is -7.92. The van der Waals surface area contributed by atoms with Gasteiger partial charge in [-0.05, 0) is 62.0 Å². The number of hydrazine groups is 1. The first-order chi connectivity index (χ1) is 36.3. The molecule has 0 radical (unpaired) electrons. The SMILES string of the molecule is CC(C)CC1NC(=O)C(Cc2ccccc2)N(C)C(=O)C(C)NC(=O)[C@@H](C(C)C)N(C)C(=O)CCNC(=O)C(C)NC(=O)C(C(C)C)NC(=O)C(Cc2ccccc2)N(C)C(=O)C2CCCNN2C(=O)C(CO)N(C)C1=O. The highest BCUT2D eigenvalue weighted by Crippen LogP contribution is 2.21. The minimum atomic E-state index is -1.57. The number of likely N-dealkylation sites (N-methyl/N-ethyl adjacent to an activating group) is 4. The molecule has 2 heterocycles. The summed E-state index contributed by atoms with van der Waals surface area (Å²) in [5, 5.41) is 25.6. The largest absolute Gasteiger partial charge is 0.394 e. The maximum absolute atomic E-state index is 14.8. The van der Waals surface area contributed by atoms with Crippen LogP contribution in [0.15, 0.2) is 60.7 Å². The van der Waals surface area contributed by atoms with Crippen molar-refractivity contribution in [1.29, 1.82) is 0 Å². The summed E-state index contributed by atoms with van der Waals surface area (Å²) in [6.07, 6.45) is 0.419. The van der Waals surface area contributed by atoms with Gasteiger partial charge in [-0.2, -0.15) is 0 Å². The van der Waals surface area contributed by atoms with Crippen molar-refractivity contribution < 1.29 is 53.1 Å². The second-order valence-corrected chi connectivity index (χ2v) is 21.3. The van der Waals surface area contributed by atoms with E-state index in [4.69, 9.17) is 0 Å². The van der Waals surface area contributed by atoms with E-state index < -0.39 is 132 Å². The van der Waals surface area contributed by atoms with Gasteiger partial charge in [-0.25, -0.2) is 5.43 Å². The Bertz CT molecular complexity index is 2390. The van der Waals surface area contributed by atoms with Crippen molar-refractivity contribution in [2.75, 3.05) is 47.9 Å². The molecule has 0 saturated carbocycles. The minimum Gasteiger partial charge on any atom is -0.394 e. The van der Waals surface area contributed by atoms with Crippen LogP contribution in [0.1, 0.15) is 92.2 Å². The Morgan fingerprint density at radius 1 is 0.545 bits per heavy atom. The highest BCUT2D eigenvalue weighted by molar-refractivity contribution is 5.99. The van der Waals surface area contributed by atoms with Crippen molar-refractivity contribution in [3.63, 3.8) is 0 Å². The van der Waals surface area contributed by atoms with Crippen LogP contribution in [0.4, 0.5) is 0 Å². The predicted molar refractivity (Wildman–Crippen MR) is 287 cm³/mol. The number of carbonyl (C=O) groups excluding carboxylic acids is 10. The summed E-state index contributed by atoms with van der Waals surface area (Å²) in [4.78, 5) is 147. The zero-order valence-electron chi connectivity index (χ0n) is 46.8. The number of carbonyl (C=O) groups is 10. The van der Waals surface area contributed by atoms with Crippen molar-refractivity contribution in [2.24, 2.45) is 17.8 Å². The summed E-state index contributed by atoms with van der Waals surface area (Å²) in [5.41, 5.74) is 4.34. The van der Waals surface area contributed by atoms with Crippen molar-refractivity contribution in [3.05, 3.63) is 71.8 Å². The van der Waals surface area contributed by atoms with Gasteiger partial charge in [0.2, 0.25) is 53.2 Å². The zero-order chi connectivity index (χ0) is 57.4. The monoisotopic (exact) mass is 1070 g/mol. The third-order valence-corrected chi connectivity index (χ3v) is 14.2. The molecule has 2 aromatic carbocycles. The molecule has 2 saturated heterocycles. The summed E-state index contributed by atoms with van der Waals surface area (Å²) in [6.45, 7) is 12.6. The Morgan fingerprint density at radius 2 is 1.06 bits per heavy atom. The van der Waals surface area contributed by atoms with Crippen molar-refractivity contribution >= 4 is 59.1 Å². The van der Waals surface area contributed by atoms with Gasteiger partial charge in [-0.15, -0.1) is 0 Å². The third kappa shape index (κ3) is 16.8. The maximum atomic E-state index is 14.8. The molecular weight excluding hydrogens is 991 g/mol. The molecule has 77 heavy (non-hydrogen) atoms. The molecule has 7 N–H and O–H groups in total. The lowest BCUT2D eigenvalue weighted by atomic mass is 9.98. The van der Waals surface area contributed by atoms with Crippen LogP contribution < -0.4 is 32.0 Å². The van der Waals surface area contributed by atoms with Gasteiger partial charge in [0.1, 0.15) is 54.4 Å². The van der Waals surface area contributed by atoms with Gasteiger partial charge in [0.25, 0.3) is 5.91 Å². The van der Waals surface area contributed by atoms with Crippen LogP contribution in [0.2, 0.25) is 0 Å². The van der Waals surface area contributed by atoms with Crippen LogP contribution in [0, 0.1) is 17.8 Å². The van der Waals surface area contributed by atoms with Crippen molar-refractivity contribution in [1.82, 2.24) is 56.6 Å². The first-order valence-corrected chi connectivity index (χ1v) is 26.6. The molecule has 22 heteroatoms. The minimum absolute atomic E-state index is 0.000600. The molecule has 22 nitrogen and oxygen atoms in total. The smallest absolute Gasteiger partial charge is 0.262 e. The first kappa shape index (κ1) is 62.6. The van der Waals surface area contributed by atoms with Gasteiger partial charge in [0.15, 0.2) is 0 Å². The molecule has 4 rings (SSSR count). The van der Waals surface area contributed by atoms with Crippen LogP contribution in [0.5, 0.6) is 0 Å². The molecule has 0 spiro atoms. The fourth-order valence-corrected chi connectivity index (χ4v) is 9.64. The number of amides is 10. The number of fused-ring (bicyclic) bond motifs is 1. The second-order valence-electron chi connectivity index (χ2n) is 21.3. The molecule has 2 aromatic rings. The molecule has 2 fully saturated rings. The van der Waals surface area contributed by atoms with E-state index in [2.05, 4.69) is 32.0 Å². The van der Waals surface area contributed by atoms with E-state index in [-0.39, 0.29) is 51.1 Å². The zero-order valence-corrected chi connectivity index (χ0v) is 46.8.